The highest BCUT2D eigenvalue weighted by atomic mass is 32.1. The zero-order valence-electron chi connectivity index (χ0n) is 18.2. The Hall–Kier alpha value is -3.26. The Morgan fingerprint density at radius 3 is 2.72 bits per heavy atom. The van der Waals surface area contributed by atoms with Gasteiger partial charge < -0.3 is 19.5 Å². The lowest BCUT2D eigenvalue weighted by molar-refractivity contribution is -0.140. The summed E-state index contributed by atoms with van der Waals surface area (Å²) in [6, 6.07) is 14.0. The fraction of sp³-hybridized carbons (Fsp3) is 0.292. The third-order valence-electron chi connectivity index (χ3n) is 5.84. The van der Waals surface area contributed by atoms with E-state index >= 15 is 0 Å². The molecule has 0 spiro atoms. The van der Waals surface area contributed by atoms with Gasteiger partial charge in [-0.2, -0.15) is 0 Å². The number of aryl methyl sites for hydroxylation is 1. The quantitative estimate of drug-likeness (QED) is 0.448. The van der Waals surface area contributed by atoms with Gasteiger partial charge in [-0.05, 0) is 68.0 Å². The molecule has 1 saturated heterocycles. The number of halogens is 1. The molecular weight excluding hydrogens is 427 g/mol. The number of aromatic nitrogens is 2. The van der Waals surface area contributed by atoms with Crippen LogP contribution in [-0.4, -0.2) is 39.2 Å². The number of rotatable bonds is 6. The third kappa shape index (κ3) is 4.10. The number of carbonyl (C=O) groups is 1. The SMILES string of the molecule is COC(=O)CCN1C(=S)N[C@H](c2ccccn2)[C@@H]1c1cc(C)n(-c2cccc(F)c2)c1C. The summed E-state index contributed by atoms with van der Waals surface area (Å²) in [5.41, 5.74) is 4.62. The van der Waals surface area contributed by atoms with Gasteiger partial charge in [0.1, 0.15) is 5.82 Å². The molecule has 1 fully saturated rings. The monoisotopic (exact) mass is 452 g/mol. The van der Waals surface area contributed by atoms with E-state index in [0.29, 0.717) is 11.7 Å². The van der Waals surface area contributed by atoms with Crippen LogP contribution in [0.15, 0.2) is 54.7 Å². The minimum absolute atomic E-state index is 0.185. The summed E-state index contributed by atoms with van der Waals surface area (Å²) in [7, 11) is 1.38. The zero-order valence-corrected chi connectivity index (χ0v) is 19.0. The van der Waals surface area contributed by atoms with Crippen molar-refractivity contribution in [2.45, 2.75) is 32.4 Å². The third-order valence-corrected chi connectivity index (χ3v) is 6.19. The number of esters is 1. The van der Waals surface area contributed by atoms with Crippen molar-refractivity contribution in [1.82, 2.24) is 19.8 Å². The first-order valence-electron chi connectivity index (χ1n) is 10.4. The Morgan fingerprint density at radius 2 is 2.03 bits per heavy atom. The lowest BCUT2D eigenvalue weighted by Gasteiger charge is -2.28. The number of thiocarbonyl (C=S) groups is 1. The van der Waals surface area contributed by atoms with E-state index in [9.17, 15) is 9.18 Å². The normalized spacial score (nSPS) is 18.0. The molecule has 2 atom stereocenters. The highest BCUT2D eigenvalue weighted by molar-refractivity contribution is 7.80. The molecule has 6 nitrogen and oxygen atoms in total. The van der Waals surface area contributed by atoms with E-state index in [4.69, 9.17) is 17.0 Å². The maximum Gasteiger partial charge on any atom is 0.307 e. The largest absolute Gasteiger partial charge is 0.469 e. The molecule has 166 valence electrons. The van der Waals surface area contributed by atoms with E-state index in [-0.39, 0.29) is 30.3 Å². The van der Waals surface area contributed by atoms with E-state index in [1.165, 1.54) is 19.2 Å². The van der Waals surface area contributed by atoms with Crippen LogP contribution in [0.4, 0.5) is 4.39 Å². The molecule has 4 rings (SSSR count). The maximum atomic E-state index is 13.9. The van der Waals surface area contributed by atoms with E-state index in [1.54, 1.807) is 12.3 Å². The van der Waals surface area contributed by atoms with Gasteiger partial charge in [-0.1, -0.05) is 12.1 Å². The van der Waals surface area contributed by atoms with Crippen molar-refractivity contribution in [1.29, 1.82) is 0 Å². The van der Waals surface area contributed by atoms with Crippen LogP contribution in [-0.2, 0) is 9.53 Å². The van der Waals surface area contributed by atoms with Crippen LogP contribution in [0.2, 0.25) is 0 Å². The van der Waals surface area contributed by atoms with Crippen molar-refractivity contribution in [2.24, 2.45) is 0 Å². The van der Waals surface area contributed by atoms with Gasteiger partial charge in [-0.25, -0.2) is 4.39 Å². The molecule has 1 aliphatic heterocycles. The minimum atomic E-state index is -0.293. The van der Waals surface area contributed by atoms with Crippen molar-refractivity contribution in [3.63, 3.8) is 0 Å². The van der Waals surface area contributed by atoms with Gasteiger partial charge in [0, 0.05) is 29.8 Å². The van der Waals surface area contributed by atoms with Crippen molar-refractivity contribution in [3.05, 3.63) is 83.2 Å². The topological polar surface area (TPSA) is 59.4 Å². The Morgan fingerprint density at radius 1 is 1.22 bits per heavy atom. The van der Waals surface area contributed by atoms with Gasteiger partial charge in [0.25, 0.3) is 0 Å². The van der Waals surface area contributed by atoms with Gasteiger partial charge in [-0.3, -0.25) is 9.78 Å². The number of nitrogens with one attached hydrogen (secondary N) is 1. The minimum Gasteiger partial charge on any atom is -0.469 e. The number of ether oxygens (including phenoxy) is 1. The maximum absolute atomic E-state index is 13.9. The summed E-state index contributed by atoms with van der Waals surface area (Å²) < 4.78 is 20.8. The first kappa shape index (κ1) is 22.0. The summed E-state index contributed by atoms with van der Waals surface area (Å²) >= 11 is 5.65. The fourth-order valence-corrected chi connectivity index (χ4v) is 4.73. The molecule has 1 aliphatic rings. The number of hydrogen-bond acceptors (Lipinski definition) is 4. The molecule has 32 heavy (non-hydrogen) atoms. The van der Waals surface area contributed by atoms with Gasteiger partial charge >= 0.3 is 5.97 Å². The summed E-state index contributed by atoms with van der Waals surface area (Å²) in [5, 5.41) is 3.95. The van der Waals surface area contributed by atoms with Crippen LogP contribution in [0.3, 0.4) is 0 Å². The van der Waals surface area contributed by atoms with E-state index < -0.39 is 0 Å². The second-order valence-corrected chi connectivity index (χ2v) is 8.17. The van der Waals surface area contributed by atoms with Crippen LogP contribution < -0.4 is 5.32 Å². The van der Waals surface area contributed by atoms with Crippen LogP contribution in [0.5, 0.6) is 0 Å². The first-order chi connectivity index (χ1) is 15.4. The van der Waals surface area contributed by atoms with Crippen molar-refractivity contribution in [3.8, 4) is 5.69 Å². The number of pyridine rings is 1. The molecule has 3 aromatic rings. The average molecular weight is 453 g/mol. The molecule has 0 amide bonds. The van der Waals surface area contributed by atoms with Crippen LogP contribution in [0, 0.1) is 19.7 Å². The van der Waals surface area contributed by atoms with Crippen molar-refractivity contribution < 1.29 is 13.9 Å². The number of methoxy groups -OCH3 is 1. The van der Waals surface area contributed by atoms with Crippen LogP contribution >= 0.6 is 12.2 Å². The predicted octanol–water partition coefficient (Wildman–Crippen LogP) is 4.16. The van der Waals surface area contributed by atoms with E-state index in [0.717, 1.165) is 28.3 Å². The summed E-state index contributed by atoms with van der Waals surface area (Å²) in [5.74, 6) is -0.579. The highest BCUT2D eigenvalue weighted by Crippen LogP contribution is 2.41. The molecule has 1 N–H and O–H groups in total. The number of carbonyl (C=O) groups excluding carboxylic acids is 1. The highest BCUT2D eigenvalue weighted by Gasteiger charge is 2.41. The second kappa shape index (κ2) is 9.08. The zero-order chi connectivity index (χ0) is 22.8. The number of nitrogens with zero attached hydrogens (tertiary/aromatic N) is 3. The van der Waals surface area contributed by atoms with E-state index in [2.05, 4.69) is 16.4 Å². The molecule has 1 aromatic carbocycles. The summed E-state index contributed by atoms with van der Waals surface area (Å²) in [6.07, 6.45) is 1.97. The first-order valence-corrected chi connectivity index (χ1v) is 10.8. The van der Waals surface area contributed by atoms with Crippen molar-refractivity contribution >= 4 is 23.3 Å². The standard InChI is InChI=1S/C24H25FN4O2S/c1-15-13-19(16(2)29(15)18-8-6-7-17(25)14-18)23-22(20-9-4-5-11-26-20)27-24(32)28(23)12-10-21(30)31-3/h4-9,11,13-14,22-23H,10,12H2,1-3H3,(H,27,32)/t22-,23+/m1/s1. The van der Waals surface area contributed by atoms with Gasteiger partial charge in [-0.15, -0.1) is 0 Å². The molecule has 2 aromatic heterocycles. The van der Waals surface area contributed by atoms with Crippen molar-refractivity contribution in [2.75, 3.05) is 13.7 Å². The Kier molecular flexibility index (Phi) is 6.23. The Bertz CT molecular complexity index is 1150. The molecular formula is C24H25FN4O2S. The van der Waals surface area contributed by atoms with Gasteiger partial charge in [0.15, 0.2) is 5.11 Å². The summed E-state index contributed by atoms with van der Waals surface area (Å²) in [6.45, 7) is 4.43. The molecule has 8 heteroatoms. The smallest absolute Gasteiger partial charge is 0.307 e. The Balaban J connectivity index is 1.80. The van der Waals surface area contributed by atoms with Gasteiger partial charge in [0.05, 0.1) is 31.3 Å². The molecule has 0 aliphatic carbocycles. The fourth-order valence-electron chi connectivity index (χ4n) is 4.40. The molecule has 0 radical (unpaired) electrons. The summed E-state index contributed by atoms with van der Waals surface area (Å²) in [4.78, 5) is 18.4. The van der Waals surface area contributed by atoms with Crippen LogP contribution in [0.25, 0.3) is 5.69 Å². The average Bonchev–Trinajstić information content (AvgIpc) is 3.27. The predicted molar refractivity (Wildman–Crippen MR) is 124 cm³/mol. The lowest BCUT2D eigenvalue weighted by atomic mass is 9.96. The molecule has 3 heterocycles. The second-order valence-electron chi connectivity index (χ2n) is 7.79. The van der Waals surface area contributed by atoms with Crippen LogP contribution in [0.1, 0.15) is 41.1 Å². The van der Waals surface area contributed by atoms with Gasteiger partial charge in [0.2, 0.25) is 0 Å². The molecule has 0 bridgehead atoms. The molecule has 0 saturated carbocycles. The lowest BCUT2D eigenvalue weighted by Crippen LogP contribution is -2.32. The number of benzene rings is 1. The van der Waals surface area contributed by atoms with E-state index in [1.807, 2.05) is 47.6 Å². The molecule has 0 unspecified atom stereocenters. The Labute approximate surface area is 192 Å². The number of hydrogen-bond donors (Lipinski definition) is 1.